The number of ether oxygens (including phenoxy) is 2. The smallest absolute Gasteiger partial charge is 0.170 e. The van der Waals surface area contributed by atoms with Crippen LogP contribution in [0, 0.1) is 0 Å². The van der Waals surface area contributed by atoms with Crippen LogP contribution in [0.25, 0.3) is 67.5 Å². The van der Waals surface area contributed by atoms with Crippen LogP contribution in [-0.4, -0.2) is 24.9 Å². The molecule has 0 N–H and O–H groups in total. The SMILES string of the molecule is c1ccc(-c2ccc(-c3nc(-c4ccccc4)nc(-c4ccc5c(c4)Oc4cc(-c6ccncc6)c(-c6ccncc6)cc4O5)n3)cc2)cc1. The van der Waals surface area contributed by atoms with Gasteiger partial charge in [0.2, 0.25) is 0 Å². The van der Waals surface area contributed by atoms with Crippen molar-refractivity contribution in [3.8, 4) is 90.5 Å². The molecule has 0 aliphatic carbocycles. The van der Waals surface area contributed by atoms with E-state index in [1.165, 1.54) is 0 Å². The van der Waals surface area contributed by atoms with Crippen LogP contribution in [0.5, 0.6) is 23.0 Å². The largest absolute Gasteiger partial charge is 0.449 e. The fraction of sp³-hybridized carbons (Fsp3) is 0. The highest BCUT2D eigenvalue weighted by molar-refractivity contribution is 5.86. The molecule has 0 saturated heterocycles. The third kappa shape index (κ3) is 5.63. The fourth-order valence-electron chi connectivity index (χ4n) is 6.10. The Bertz CT molecular complexity index is 2460. The van der Waals surface area contributed by atoms with E-state index >= 15 is 0 Å². The lowest BCUT2D eigenvalue weighted by atomic mass is 9.94. The molecule has 5 aromatic carbocycles. The molecule has 1 aliphatic heterocycles. The standard InChI is InChI=1S/C43H27N5O2/c1-3-7-28(8-4-1)29-11-13-33(14-12-29)42-46-41(32-9-5-2-6-10-32)47-43(48-42)34-15-16-37-38(25-34)50-40-27-36(31-19-23-45-24-20-31)35(26-39(40)49-37)30-17-21-44-22-18-30/h1-27H. The maximum absolute atomic E-state index is 6.55. The van der Waals surface area contributed by atoms with Crippen LogP contribution in [0.15, 0.2) is 164 Å². The normalized spacial score (nSPS) is 11.5. The first kappa shape index (κ1) is 29.2. The number of nitrogens with zero attached hydrogens (tertiary/aromatic N) is 5. The summed E-state index contributed by atoms with van der Waals surface area (Å²) < 4.78 is 13.0. The predicted molar refractivity (Wildman–Crippen MR) is 195 cm³/mol. The lowest BCUT2D eigenvalue weighted by Crippen LogP contribution is -2.03. The summed E-state index contributed by atoms with van der Waals surface area (Å²) in [7, 11) is 0. The van der Waals surface area contributed by atoms with E-state index in [1.807, 2.05) is 103 Å². The Labute approximate surface area is 288 Å². The van der Waals surface area contributed by atoms with E-state index in [2.05, 4.69) is 46.4 Å². The maximum Gasteiger partial charge on any atom is 0.170 e. The monoisotopic (exact) mass is 645 g/mol. The molecule has 7 heteroatoms. The highest BCUT2D eigenvalue weighted by Crippen LogP contribution is 2.50. The van der Waals surface area contributed by atoms with Gasteiger partial charge in [-0.25, -0.2) is 15.0 Å². The molecule has 1 aliphatic rings. The molecule has 4 heterocycles. The van der Waals surface area contributed by atoms with Gasteiger partial charge in [-0.15, -0.1) is 0 Å². The zero-order valence-corrected chi connectivity index (χ0v) is 26.6. The summed E-state index contributed by atoms with van der Waals surface area (Å²) in [6.45, 7) is 0. The van der Waals surface area contributed by atoms with Crippen LogP contribution in [0.3, 0.4) is 0 Å². The van der Waals surface area contributed by atoms with Crippen molar-refractivity contribution in [1.29, 1.82) is 0 Å². The number of benzene rings is 5. The van der Waals surface area contributed by atoms with Crippen molar-refractivity contribution in [2.24, 2.45) is 0 Å². The molecule has 7 nitrogen and oxygen atoms in total. The molecule has 0 spiro atoms. The van der Waals surface area contributed by atoms with Crippen LogP contribution in [0.4, 0.5) is 0 Å². The van der Waals surface area contributed by atoms with E-state index in [0.29, 0.717) is 40.5 Å². The average Bonchev–Trinajstić information content (AvgIpc) is 3.20. The van der Waals surface area contributed by atoms with Crippen LogP contribution in [0.1, 0.15) is 0 Å². The molecule has 50 heavy (non-hydrogen) atoms. The Kier molecular flexibility index (Phi) is 7.33. The van der Waals surface area contributed by atoms with Crippen molar-refractivity contribution in [1.82, 2.24) is 24.9 Å². The number of rotatable bonds is 6. The van der Waals surface area contributed by atoms with Crippen molar-refractivity contribution < 1.29 is 9.47 Å². The first-order valence-corrected chi connectivity index (χ1v) is 16.2. The molecule has 0 amide bonds. The van der Waals surface area contributed by atoms with E-state index in [-0.39, 0.29) is 0 Å². The third-order valence-electron chi connectivity index (χ3n) is 8.63. The molecule has 0 radical (unpaired) electrons. The van der Waals surface area contributed by atoms with Gasteiger partial charge in [-0.2, -0.15) is 0 Å². The molecule has 0 fully saturated rings. The maximum atomic E-state index is 6.55. The summed E-state index contributed by atoms with van der Waals surface area (Å²) in [5.74, 6) is 4.11. The molecule has 0 atom stereocenters. The summed E-state index contributed by atoms with van der Waals surface area (Å²) in [6, 6.07) is 46.3. The van der Waals surface area contributed by atoms with Gasteiger partial charge in [0.15, 0.2) is 40.5 Å². The molecule has 9 rings (SSSR count). The van der Waals surface area contributed by atoms with Gasteiger partial charge in [-0.05, 0) is 88.0 Å². The molecule has 8 aromatic rings. The first-order chi connectivity index (χ1) is 24.7. The third-order valence-corrected chi connectivity index (χ3v) is 8.63. The first-order valence-electron chi connectivity index (χ1n) is 16.2. The van der Waals surface area contributed by atoms with Gasteiger partial charge in [0.25, 0.3) is 0 Å². The number of fused-ring (bicyclic) bond motifs is 2. The zero-order chi connectivity index (χ0) is 33.3. The van der Waals surface area contributed by atoms with Gasteiger partial charge in [0.1, 0.15) is 0 Å². The number of pyridine rings is 2. The van der Waals surface area contributed by atoms with Crippen molar-refractivity contribution >= 4 is 0 Å². The minimum absolute atomic E-state index is 0.531. The van der Waals surface area contributed by atoms with Gasteiger partial charge >= 0.3 is 0 Å². The van der Waals surface area contributed by atoms with E-state index in [1.54, 1.807) is 24.8 Å². The highest BCUT2D eigenvalue weighted by atomic mass is 16.6. The Balaban J connectivity index is 1.11. The Morgan fingerprint density at radius 1 is 0.300 bits per heavy atom. The van der Waals surface area contributed by atoms with E-state index < -0.39 is 0 Å². The van der Waals surface area contributed by atoms with Crippen LogP contribution < -0.4 is 9.47 Å². The molecular weight excluding hydrogens is 619 g/mol. The number of hydrogen-bond donors (Lipinski definition) is 0. The molecule has 0 unspecified atom stereocenters. The predicted octanol–water partition coefficient (Wildman–Crippen LogP) is 10.6. The van der Waals surface area contributed by atoms with Crippen LogP contribution in [-0.2, 0) is 0 Å². The summed E-state index contributed by atoms with van der Waals surface area (Å²) in [4.78, 5) is 23.2. The molecular formula is C43H27N5O2. The second kappa shape index (κ2) is 12.6. The van der Waals surface area contributed by atoms with Crippen molar-refractivity contribution in [2.45, 2.75) is 0 Å². The Morgan fingerprint density at radius 2 is 0.700 bits per heavy atom. The lowest BCUT2D eigenvalue weighted by Gasteiger charge is -2.23. The molecule has 0 saturated carbocycles. The van der Waals surface area contributed by atoms with Gasteiger partial charge in [-0.1, -0.05) is 84.9 Å². The average molecular weight is 646 g/mol. The minimum atomic E-state index is 0.531. The lowest BCUT2D eigenvalue weighted by molar-refractivity contribution is 0.360. The Morgan fingerprint density at radius 3 is 1.26 bits per heavy atom. The van der Waals surface area contributed by atoms with Gasteiger partial charge in [0.05, 0.1) is 0 Å². The van der Waals surface area contributed by atoms with Crippen LogP contribution >= 0.6 is 0 Å². The molecule has 0 bridgehead atoms. The van der Waals surface area contributed by atoms with E-state index in [0.717, 1.165) is 50.1 Å². The van der Waals surface area contributed by atoms with Crippen molar-refractivity contribution in [3.63, 3.8) is 0 Å². The summed E-state index contributed by atoms with van der Waals surface area (Å²) >= 11 is 0. The van der Waals surface area contributed by atoms with Gasteiger partial charge < -0.3 is 9.47 Å². The highest BCUT2D eigenvalue weighted by Gasteiger charge is 2.24. The summed E-state index contributed by atoms with van der Waals surface area (Å²) in [5, 5.41) is 0. The second-order valence-electron chi connectivity index (χ2n) is 11.8. The fourth-order valence-corrected chi connectivity index (χ4v) is 6.10. The quantitative estimate of drug-likeness (QED) is 0.178. The number of aromatic nitrogens is 5. The molecule has 236 valence electrons. The van der Waals surface area contributed by atoms with E-state index in [4.69, 9.17) is 24.4 Å². The summed E-state index contributed by atoms with van der Waals surface area (Å²) in [5.41, 5.74) is 8.88. The minimum Gasteiger partial charge on any atom is -0.449 e. The van der Waals surface area contributed by atoms with Gasteiger partial charge in [0, 0.05) is 41.5 Å². The van der Waals surface area contributed by atoms with Crippen LogP contribution in [0.2, 0.25) is 0 Å². The summed E-state index contributed by atoms with van der Waals surface area (Å²) in [6.07, 6.45) is 7.15. The Hall–Kier alpha value is -6.99. The number of hydrogen-bond acceptors (Lipinski definition) is 7. The van der Waals surface area contributed by atoms with Crippen molar-refractivity contribution in [2.75, 3.05) is 0 Å². The second-order valence-corrected chi connectivity index (χ2v) is 11.8. The topological polar surface area (TPSA) is 82.9 Å². The van der Waals surface area contributed by atoms with Crippen molar-refractivity contribution in [3.05, 3.63) is 164 Å². The van der Waals surface area contributed by atoms with E-state index in [9.17, 15) is 0 Å². The van der Waals surface area contributed by atoms with Gasteiger partial charge in [-0.3, -0.25) is 9.97 Å². The molecule has 3 aromatic heterocycles. The zero-order valence-electron chi connectivity index (χ0n) is 26.6.